The number of amides is 2. The normalized spacial score (nSPS) is 13.1. The second kappa shape index (κ2) is 8.10. The van der Waals surface area contributed by atoms with Crippen LogP contribution in [0.25, 0.3) is 32.9 Å². The van der Waals surface area contributed by atoms with Crippen molar-refractivity contribution in [2.24, 2.45) is 7.05 Å². The Morgan fingerprint density at radius 1 is 1.00 bits per heavy atom. The molecule has 1 aliphatic heterocycles. The topological polar surface area (TPSA) is 101 Å². The van der Waals surface area contributed by atoms with Gasteiger partial charge >= 0.3 is 0 Å². The predicted molar refractivity (Wildman–Crippen MR) is 126 cm³/mol. The lowest BCUT2D eigenvalue weighted by Crippen LogP contribution is -2.20. The number of aryl methyl sites for hydroxylation is 1. The fraction of sp³-hybridized carbons (Fsp3) is 0.200. The predicted octanol–water partition coefficient (Wildman–Crippen LogP) is 4.39. The molecule has 0 spiro atoms. The van der Waals surface area contributed by atoms with Gasteiger partial charge in [0.05, 0.1) is 28.8 Å². The van der Waals surface area contributed by atoms with E-state index in [1.54, 1.807) is 24.3 Å². The summed E-state index contributed by atoms with van der Waals surface area (Å²) in [5.74, 6) is -0.704. The van der Waals surface area contributed by atoms with E-state index < -0.39 is 11.8 Å². The number of phenolic OH excluding ortho intramolecular Hbond substituents is 1. The summed E-state index contributed by atoms with van der Waals surface area (Å²) in [6.07, 6.45) is 1.26. The highest BCUT2D eigenvalue weighted by atomic mass is 35.5. The number of hydrogen-bond acceptors (Lipinski definition) is 5. The average molecular weight is 465 g/mol. The molecule has 2 heterocycles. The Morgan fingerprint density at radius 2 is 1.76 bits per heavy atom. The van der Waals surface area contributed by atoms with Gasteiger partial charge in [0.15, 0.2) is 11.5 Å². The molecule has 0 atom stereocenters. The Morgan fingerprint density at radius 3 is 2.52 bits per heavy atom. The molecule has 3 aromatic carbocycles. The first-order valence-electron chi connectivity index (χ1n) is 10.6. The highest BCUT2D eigenvalue weighted by Crippen LogP contribution is 2.43. The molecule has 4 aromatic rings. The summed E-state index contributed by atoms with van der Waals surface area (Å²) in [5, 5.41) is 23.6. The lowest BCUT2D eigenvalue weighted by molar-refractivity contribution is 0.0880. The summed E-state index contributed by atoms with van der Waals surface area (Å²) in [6.45, 7) is 0.434. The van der Waals surface area contributed by atoms with Gasteiger partial charge in [-0.25, -0.2) is 0 Å². The molecule has 8 heteroatoms. The van der Waals surface area contributed by atoms with Gasteiger partial charge in [-0.1, -0.05) is 29.8 Å². The van der Waals surface area contributed by atoms with Crippen molar-refractivity contribution >= 4 is 45.2 Å². The summed E-state index contributed by atoms with van der Waals surface area (Å²) in [7, 11) is 1.86. The largest absolute Gasteiger partial charge is 0.504 e. The number of aliphatic hydroxyl groups is 1. The number of unbranched alkanes of at least 4 members (excludes halogenated alkanes) is 1. The molecule has 1 aliphatic rings. The Bertz CT molecular complexity index is 1460. The van der Waals surface area contributed by atoms with Gasteiger partial charge in [0.2, 0.25) is 0 Å². The van der Waals surface area contributed by atoms with E-state index in [0.29, 0.717) is 52.1 Å². The monoisotopic (exact) mass is 464 g/mol. The van der Waals surface area contributed by atoms with Gasteiger partial charge in [-0.2, -0.15) is 0 Å². The summed E-state index contributed by atoms with van der Waals surface area (Å²) in [6, 6.07) is 12.3. The number of fused-ring (bicyclic) bond motifs is 5. The number of hydrogen-bond donors (Lipinski definition) is 3. The number of phenols is 1. The van der Waals surface area contributed by atoms with Crippen molar-refractivity contribution in [3.8, 4) is 22.6 Å². The number of aromatic nitrogens is 1. The quantitative estimate of drug-likeness (QED) is 0.290. The molecule has 5 rings (SSSR count). The molecular weight excluding hydrogens is 444 g/mol. The number of carbonyl (C=O) groups excluding carboxylic acids is 2. The van der Waals surface area contributed by atoms with Crippen LogP contribution in [-0.4, -0.2) is 39.8 Å². The van der Waals surface area contributed by atoms with E-state index >= 15 is 0 Å². The minimum absolute atomic E-state index is 0.0624. The zero-order valence-corrected chi connectivity index (χ0v) is 18.6. The van der Waals surface area contributed by atoms with E-state index in [1.807, 2.05) is 29.8 Å². The maximum Gasteiger partial charge on any atom is 0.259 e. The van der Waals surface area contributed by atoms with Crippen LogP contribution in [0.1, 0.15) is 33.6 Å². The van der Waals surface area contributed by atoms with Gasteiger partial charge < -0.3 is 19.5 Å². The first kappa shape index (κ1) is 21.3. The van der Waals surface area contributed by atoms with E-state index in [4.69, 9.17) is 21.4 Å². The number of ether oxygens (including phenoxy) is 1. The fourth-order valence-electron chi connectivity index (χ4n) is 4.47. The summed E-state index contributed by atoms with van der Waals surface area (Å²) < 4.78 is 7.62. The van der Waals surface area contributed by atoms with Crippen LogP contribution in [0.2, 0.25) is 5.02 Å². The molecule has 7 nitrogen and oxygen atoms in total. The molecule has 0 bridgehead atoms. The van der Waals surface area contributed by atoms with Crippen molar-refractivity contribution in [3.05, 3.63) is 58.6 Å². The van der Waals surface area contributed by atoms with Crippen LogP contribution in [0.15, 0.2) is 42.5 Å². The van der Waals surface area contributed by atoms with Gasteiger partial charge in [-0.3, -0.25) is 14.9 Å². The van der Waals surface area contributed by atoms with E-state index in [9.17, 15) is 14.7 Å². The Kier molecular flexibility index (Phi) is 5.23. The zero-order valence-electron chi connectivity index (χ0n) is 17.8. The van der Waals surface area contributed by atoms with Crippen LogP contribution in [0, 0.1) is 0 Å². The fourth-order valence-corrected chi connectivity index (χ4v) is 4.70. The highest BCUT2D eigenvalue weighted by Gasteiger charge is 2.34. The maximum absolute atomic E-state index is 12.9. The first-order chi connectivity index (χ1) is 15.9. The number of aliphatic hydroxyl groups excluding tert-OH is 1. The molecule has 0 radical (unpaired) electrons. The second-order valence-corrected chi connectivity index (χ2v) is 8.41. The first-order valence-corrected chi connectivity index (χ1v) is 11.0. The van der Waals surface area contributed by atoms with Crippen LogP contribution in [0.4, 0.5) is 0 Å². The number of carbonyl (C=O) groups is 2. The molecule has 0 aliphatic carbocycles. The molecule has 168 valence electrons. The van der Waals surface area contributed by atoms with Gasteiger partial charge in [0, 0.05) is 41.1 Å². The average Bonchev–Trinajstić information content (AvgIpc) is 3.24. The molecule has 3 N–H and O–H groups in total. The van der Waals surface area contributed by atoms with Gasteiger partial charge in [-0.05, 0) is 36.6 Å². The van der Waals surface area contributed by atoms with Gasteiger partial charge in [-0.15, -0.1) is 0 Å². The third kappa shape index (κ3) is 3.32. The van der Waals surface area contributed by atoms with E-state index in [-0.39, 0.29) is 23.5 Å². The minimum Gasteiger partial charge on any atom is -0.504 e. The molecule has 0 saturated carbocycles. The molecule has 1 aromatic heterocycles. The molecule has 2 amide bonds. The summed E-state index contributed by atoms with van der Waals surface area (Å²) >= 11 is 6.44. The van der Waals surface area contributed by atoms with Crippen molar-refractivity contribution in [1.29, 1.82) is 0 Å². The van der Waals surface area contributed by atoms with Crippen molar-refractivity contribution < 1.29 is 24.5 Å². The number of nitrogens with zero attached hydrogens (tertiary/aromatic N) is 1. The van der Waals surface area contributed by atoms with Gasteiger partial charge in [0.25, 0.3) is 11.8 Å². The van der Waals surface area contributed by atoms with E-state index in [0.717, 1.165) is 11.0 Å². The van der Waals surface area contributed by atoms with Crippen LogP contribution in [0.3, 0.4) is 0 Å². The van der Waals surface area contributed by atoms with Crippen LogP contribution in [-0.2, 0) is 7.05 Å². The smallest absolute Gasteiger partial charge is 0.259 e. The van der Waals surface area contributed by atoms with Crippen LogP contribution < -0.4 is 10.1 Å². The van der Waals surface area contributed by atoms with Gasteiger partial charge in [0.1, 0.15) is 0 Å². The summed E-state index contributed by atoms with van der Waals surface area (Å²) in [4.78, 5) is 25.7. The SMILES string of the molecule is Cn1c2cc(OCCCCO)c(O)cc2c2c3c(c(-c4ccccc4Cl)cc21)C(=O)NC3=O. The molecule has 0 fully saturated rings. The van der Waals surface area contributed by atoms with Crippen molar-refractivity contribution in [1.82, 2.24) is 9.88 Å². The Labute approximate surface area is 194 Å². The number of halogens is 1. The number of nitrogens with one attached hydrogen (secondary N) is 1. The number of benzene rings is 3. The third-order valence-electron chi connectivity index (χ3n) is 6.03. The van der Waals surface area contributed by atoms with E-state index in [1.165, 1.54) is 0 Å². The third-order valence-corrected chi connectivity index (χ3v) is 6.36. The lowest BCUT2D eigenvalue weighted by Gasteiger charge is -2.10. The minimum atomic E-state index is -0.481. The molecule has 0 unspecified atom stereocenters. The Hall–Kier alpha value is -3.55. The number of imide groups is 1. The second-order valence-electron chi connectivity index (χ2n) is 8.01. The maximum atomic E-state index is 12.9. The summed E-state index contributed by atoms with van der Waals surface area (Å²) in [5.41, 5.74) is 3.24. The lowest BCUT2D eigenvalue weighted by atomic mass is 9.93. The van der Waals surface area contributed by atoms with Crippen molar-refractivity contribution in [3.63, 3.8) is 0 Å². The molecule has 33 heavy (non-hydrogen) atoms. The standard InChI is InChI=1S/C25H21ClN2O5/c1-28-17-12-20(33-9-5-4-8-29)19(30)11-15(17)21-18(28)10-14(13-6-2-3-7-16(13)26)22-23(21)25(32)27-24(22)31/h2-3,6-7,10-12,29-30H,4-5,8-9H2,1H3,(H,27,31,32). The van der Waals surface area contributed by atoms with Crippen molar-refractivity contribution in [2.75, 3.05) is 13.2 Å². The van der Waals surface area contributed by atoms with E-state index in [2.05, 4.69) is 5.32 Å². The van der Waals surface area contributed by atoms with Crippen LogP contribution >= 0.6 is 11.6 Å². The molecular formula is C25H21ClN2O5. The highest BCUT2D eigenvalue weighted by molar-refractivity contribution is 6.36. The van der Waals surface area contributed by atoms with Crippen LogP contribution in [0.5, 0.6) is 11.5 Å². The zero-order chi connectivity index (χ0) is 23.3. The number of rotatable bonds is 6. The number of aromatic hydroxyl groups is 1. The Balaban J connectivity index is 1.79. The molecule has 0 saturated heterocycles. The van der Waals surface area contributed by atoms with Crippen molar-refractivity contribution in [2.45, 2.75) is 12.8 Å².